The summed E-state index contributed by atoms with van der Waals surface area (Å²) in [5.74, 6) is -1.55. The lowest BCUT2D eigenvalue weighted by atomic mass is 9.77. The molecule has 1 N–H and O–H groups in total. The van der Waals surface area contributed by atoms with Crippen molar-refractivity contribution in [2.24, 2.45) is 0 Å². The molecule has 0 spiro atoms. The summed E-state index contributed by atoms with van der Waals surface area (Å²) in [7, 11) is -1.09. The number of hydrogen-bond acceptors (Lipinski definition) is 3. The van der Waals surface area contributed by atoms with Crippen LogP contribution in [-0.4, -0.2) is 23.4 Å². The van der Waals surface area contributed by atoms with Gasteiger partial charge in [0.05, 0.1) is 23.3 Å². The fraction of sp³-hybridized carbons (Fsp3) is 0.538. The first kappa shape index (κ1) is 14.4. The second-order valence-electron chi connectivity index (χ2n) is 5.72. The van der Waals surface area contributed by atoms with Crippen LogP contribution in [0.3, 0.4) is 0 Å². The van der Waals surface area contributed by atoms with Crippen molar-refractivity contribution >= 4 is 12.6 Å². The van der Waals surface area contributed by atoms with Crippen LogP contribution in [0, 0.1) is 11.6 Å². The summed E-state index contributed by atoms with van der Waals surface area (Å²) in [6.45, 7) is 6.82. The lowest BCUT2D eigenvalue weighted by molar-refractivity contribution is 0.00578. The third-order valence-corrected chi connectivity index (χ3v) is 3.81. The summed E-state index contributed by atoms with van der Waals surface area (Å²) in [4.78, 5) is 0. The van der Waals surface area contributed by atoms with E-state index in [0.717, 1.165) is 12.1 Å². The molecule has 1 aromatic rings. The fourth-order valence-corrected chi connectivity index (χ4v) is 1.91. The van der Waals surface area contributed by atoms with Crippen molar-refractivity contribution in [3.63, 3.8) is 0 Å². The highest BCUT2D eigenvalue weighted by atomic mass is 19.1. The summed E-state index contributed by atoms with van der Waals surface area (Å²) >= 11 is 0. The predicted molar refractivity (Wildman–Crippen MR) is 68.0 cm³/mol. The predicted octanol–water partition coefficient (Wildman–Crippen LogP) is 1.76. The Kier molecular flexibility index (Phi) is 3.45. The highest BCUT2D eigenvalue weighted by molar-refractivity contribution is 6.62. The molecule has 3 nitrogen and oxygen atoms in total. The SMILES string of the molecule is CC1(C)OB(c2c(F)cc(CO)cc2F)OC1(C)C. The largest absolute Gasteiger partial charge is 0.500 e. The van der Waals surface area contributed by atoms with E-state index in [4.69, 9.17) is 14.4 Å². The normalized spacial score (nSPS) is 20.9. The summed E-state index contributed by atoms with van der Waals surface area (Å²) in [6.07, 6.45) is 0. The molecule has 0 bridgehead atoms. The van der Waals surface area contributed by atoms with Crippen LogP contribution in [0.2, 0.25) is 0 Å². The minimum absolute atomic E-state index is 0.176. The van der Waals surface area contributed by atoms with Gasteiger partial charge in [-0.05, 0) is 45.4 Å². The molecule has 0 aromatic heterocycles. The van der Waals surface area contributed by atoms with E-state index in [9.17, 15) is 8.78 Å². The van der Waals surface area contributed by atoms with Gasteiger partial charge in [0.2, 0.25) is 0 Å². The molecule has 2 rings (SSSR count). The van der Waals surface area contributed by atoms with Gasteiger partial charge >= 0.3 is 7.12 Å². The van der Waals surface area contributed by atoms with Crippen LogP contribution in [0.4, 0.5) is 8.78 Å². The average molecular weight is 270 g/mol. The maximum absolute atomic E-state index is 13.9. The molecule has 0 radical (unpaired) electrons. The molecule has 0 saturated carbocycles. The van der Waals surface area contributed by atoms with Gasteiger partial charge < -0.3 is 14.4 Å². The molecule has 1 aliphatic heterocycles. The molecule has 1 saturated heterocycles. The molecule has 1 heterocycles. The Bertz CT molecular complexity index is 464. The number of halogens is 2. The van der Waals surface area contributed by atoms with Crippen molar-refractivity contribution in [1.82, 2.24) is 0 Å². The van der Waals surface area contributed by atoms with Crippen molar-refractivity contribution in [2.75, 3.05) is 0 Å². The molecule has 0 aliphatic carbocycles. The Morgan fingerprint density at radius 1 is 1.05 bits per heavy atom. The number of hydrogen-bond donors (Lipinski definition) is 1. The fourth-order valence-electron chi connectivity index (χ4n) is 1.91. The van der Waals surface area contributed by atoms with Gasteiger partial charge in [-0.25, -0.2) is 8.78 Å². The summed E-state index contributed by atoms with van der Waals surface area (Å²) in [5.41, 5.74) is -1.40. The Labute approximate surface area is 111 Å². The average Bonchev–Trinajstić information content (AvgIpc) is 2.46. The molecular weight excluding hydrogens is 253 g/mol. The zero-order valence-corrected chi connectivity index (χ0v) is 11.5. The van der Waals surface area contributed by atoms with Crippen LogP contribution in [-0.2, 0) is 15.9 Å². The second kappa shape index (κ2) is 4.54. The minimum atomic E-state index is -1.09. The van der Waals surface area contributed by atoms with Crippen molar-refractivity contribution < 1.29 is 23.2 Å². The first-order valence-corrected chi connectivity index (χ1v) is 6.12. The van der Waals surface area contributed by atoms with Gasteiger partial charge in [-0.3, -0.25) is 0 Å². The number of aliphatic hydroxyl groups is 1. The van der Waals surface area contributed by atoms with Gasteiger partial charge in [-0.15, -0.1) is 0 Å². The Hall–Kier alpha value is -0.975. The Morgan fingerprint density at radius 2 is 1.47 bits per heavy atom. The first-order valence-electron chi connectivity index (χ1n) is 6.12. The van der Waals surface area contributed by atoms with E-state index in [1.807, 2.05) is 27.7 Å². The van der Waals surface area contributed by atoms with E-state index in [1.165, 1.54) is 0 Å². The Morgan fingerprint density at radius 3 is 1.84 bits per heavy atom. The van der Waals surface area contributed by atoms with E-state index in [0.29, 0.717) is 0 Å². The maximum Gasteiger partial charge on any atom is 0.500 e. The van der Waals surface area contributed by atoms with Gasteiger partial charge in [0.1, 0.15) is 11.6 Å². The van der Waals surface area contributed by atoms with E-state index in [2.05, 4.69) is 0 Å². The molecule has 104 valence electrons. The van der Waals surface area contributed by atoms with E-state index < -0.39 is 36.6 Å². The van der Waals surface area contributed by atoms with Crippen molar-refractivity contribution in [2.45, 2.75) is 45.5 Å². The zero-order chi connectivity index (χ0) is 14.4. The monoisotopic (exact) mass is 270 g/mol. The summed E-state index contributed by atoms with van der Waals surface area (Å²) < 4.78 is 39.1. The van der Waals surface area contributed by atoms with Gasteiger partial charge in [0.25, 0.3) is 0 Å². The van der Waals surface area contributed by atoms with Crippen LogP contribution >= 0.6 is 0 Å². The van der Waals surface area contributed by atoms with Crippen LogP contribution in [0.15, 0.2) is 12.1 Å². The second-order valence-corrected chi connectivity index (χ2v) is 5.72. The van der Waals surface area contributed by atoms with E-state index >= 15 is 0 Å². The van der Waals surface area contributed by atoms with E-state index in [1.54, 1.807) is 0 Å². The first-order chi connectivity index (χ1) is 8.68. The molecule has 1 aliphatic rings. The zero-order valence-electron chi connectivity index (χ0n) is 11.5. The minimum Gasteiger partial charge on any atom is -0.399 e. The smallest absolute Gasteiger partial charge is 0.399 e. The topological polar surface area (TPSA) is 38.7 Å². The van der Waals surface area contributed by atoms with Gasteiger partial charge in [-0.1, -0.05) is 0 Å². The molecule has 1 fully saturated rings. The third kappa shape index (κ3) is 2.40. The van der Waals surface area contributed by atoms with Crippen LogP contribution < -0.4 is 5.46 Å². The molecule has 0 atom stereocenters. The third-order valence-electron chi connectivity index (χ3n) is 3.81. The quantitative estimate of drug-likeness (QED) is 0.832. The highest BCUT2D eigenvalue weighted by Crippen LogP contribution is 2.36. The number of benzene rings is 1. The molecule has 19 heavy (non-hydrogen) atoms. The molecule has 1 aromatic carbocycles. The van der Waals surface area contributed by atoms with Gasteiger partial charge in [0.15, 0.2) is 0 Å². The standard InChI is InChI=1S/C13H17BF2O3/c1-12(2)13(3,4)19-14(18-12)11-9(15)5-8(7-17)6-10(11)16/h5-6,17H,7H2,1-4H3. The molecule has 0 amide bonds. The van der Waals surface area contributed by atoms with E-state index in [-0.39, 0.29) is 11.0 Å². The summed E-state index contributed by atoms with van der Waals surface area (Å²) in [6, 6.07) is 2.17. The highest BCUT2D eigenvalue weighted by Gasteiger charge is 2.53. The maximum atomic E-state index is 13.9. The molecular formula is C13H17BF2O3. The van der Waals surface area contributed by atoms with Gasteiger partial charge in [-0.2, -0.15) is 0 Å². The van der Waals surface area contributed by atoms with Crippen molar-refractivity contribution in [1.29, 1.82) is 0 Å². The van der Waals surface area contributed by atoms with Crippen LogP contribution in [0.5, 0.6) is 0 Å². The van der Waals surface area contributed by atoms with Crippen LogP contribution in [0.1, 0.15) is 33.3 Å². The van der Waals surface area contributed by atoms with Gasteiger partial charge in [0, 0.05) is 0 Å². The summed E-state index contributed by atoms with van der Waals surface area (Å²) in [5, 5.41) is 8.91. The number of aliphatic hydroxyl groups excluding tert-OH is 1. The number of rotatable bonds is 2. The Balaban J connectivity index is 2.40. The van der Waals surface area contributed by atoms with Crippen molar-refractivity contribution in [3.8, 4) is 0 Å². The molecule has 6 heteroatoms. The van der Waals surface area contributed by atoms with Crippen molar-refractivity contribution in [3.05, 3.63) is 29.3 Å². The lowest BCUT2D eigenvalue weighted by Gasteiger charge is -2.32. The lowest BCUT2D eigenvalue weighted by Crippen LogP contribution is -2.41. The van der Waals surface area contributed by atoms with Crippen LogP contribution in [0.25, 0.3) is 0 Å². The molecule has 0 unspecified atom stereocenters.